The second-order valence-corrected chi connectivity index (χ2v) is 8.66. The minimum Gasteiger partial charge on any atom is -0.316 e. The molecule has 0 aliphatic heterocycles. The molecule has 0 saturated carbocycles. The van der Waals surface area contributed by atoms with Crippen molar-refractivity contribution in [3.05, 3.63) is 70.4 Å². The largest absolute Gasteiger partial charge is 0.416 e. The monoisotopic (exact) mass is 475 g/mol. The van der Waals surface area contributed by atoms with Crippen molar-refractivity contribution in [2.24, 2.45) is 0 Å². The summed E-state index contributed by atoms with van der Waals surface area (Å²) in [7, 11) is 0. The molecule has 0 spiro atoms. The molecule has 0 aliphatic rings. The zero-order chi connectivity index (χ0) is 22.9. The molecule has 32 heavy (non-hydrogen) atoms. The summed E-state index contributed by atoms with van der Waals surface area (Å²) in [5.41, 5.74) is 1.34. The average molecular weight is 476 g/mol. The van der Waals surface area contributed by atoms with E-state index in [1.165, 1.54) is 34.8 Å². The quantitative estimate of drug-likeness (QED) is 0.354. The molecule has 0 bridgehead atoms. The molecule has 4 rings (SSSR count). The van der Waals surface area contributed by atoms with Crippen LogP contribution in [-0.4, -0.2) is 20.9 Å². The molecule has 6 nitrogen and oxygen atoms in total. The summed E-state index contributed by atoms with van der Waals surface area (Å²) in [6.45, 7) is 3.72. The van der Waals surface area contributed by atoms with Crippen molar-refractivity contribution >= 4 is 44.7 Å². The maximum atomic E-state index is 12.9. The van der Waals surface area contributed by atoms with Gasteiger partial charge >= 0.3 is 6.18 Å². The number of alkyl halides is 3. The molecule has 1 aromatic carbocycles. The smallest absolute Gasteiger partial charge is 0.316 e. The standard InChI is InChI=1S/C21H16F3N5OS2/c1-11-5-4-8-25-17(11)28-19-27-15(10-31-19)16-12(2)26-20(32-16)29-18(30)13-6-3-7-14(9-13)21(22,23)24/h3-10H,1-2H3,(H,25,27,28)(H,26,29,30). The molecule has 2 N–H and O–H groups in total. The summed E-state index contributed by atoms with van der Waals surface area (Å²) >= 11 is 2.61. The SMILES string of the molecule is Cc1cccnc1Nc1nc(-c2sc(NC(=O)c3cccc(C(F)(F)F)c3)nc2C)cs1. The highest BCUT2D eigenvalue weighted by Crippen LogP contribution is 2.35. The van der Waals surface area contributed by atoms with Crippen molar-refractivity contribution in [1.29, 1.82) is 0 Å². The van der Waals surface area contributed by atoms with Gasteiger partial charge in [0.05, 0.1) is 21.8 Å². The molecule has 11 heteroatoms. The normalized spacial score (nSPS) is 11.4. The van der Waals surface area contributed by atoms with Crippen LogP contribution in [0, 0.1) is 13.8 Å². The number of anilines is 3. The average Bonchev–Trinajstić information content (AvgIpc) is 3.35. The lowest BCUT2D eigenvalue weighted by molar-refractivity contribution is -0.137. The Kier molecular flexibility index (Phi) is 5.94. The van der Waals surface area contributed by atoms with Gasteiger partial charge in [-0.1, -0.05) is 23.5 Å². The summed E-state index contributed by atoms with van der Waals surface area (Å²) in [4.78, 5) is 26.4. The van der Waals surface area contributed by atoms with Crippen molar-refractivity contribution in [1.82, 2.24) is 15.0 Å². The molecule has 164 valence electrons. The number of hydrogen-bond donors (Lipinski definition) is 2. The Hall–Kier alpha value is -3.31. The molecular formula is C21H16F3N5OS2. The second-order valence-electron chi connectivity index (χ2n) is 6.80. The zero-order valence-corrected chi connectivity index (χ0v) is 18.5. The second kappa shape index (κ2) is 8.67. The predicted octanol–water partition coefficient (Wildman–Crippen LogP) is 6.29. The molecule has 0 unspecified atom stereocenters. The number of thiazole rings is 2. The number of nitrogens with one attached hydrogen (secondary N) is 2. The lowest BCUT2D eigenvalue weighted by Gasteiger charge is -2.08. The first-order valence-electron chi connectivity index (χ1n) is 9.31. The lowest BCUT2D eigenvalue weighted by atomic mass is 10.1. The van der Waals surface area contributed by atoms with Crippen molar-refractivity contribution in [2.75, 3.05) is 10.6 Å². The van der Waals surface area contributed by atoms with Gasteiger partial charge in [-0.25, -0.2) is 15.0 Å². The van der Waals surface area contributed by atoms with Crippen LogP contribution in [0.5, 0.6) is 0 Å². The van der Waals surface area contributed by atoms with Crippen LogP contribution in [0.25, 0.3) is 10.6 Å². The number of pyridine rings is 1. The van der Waals surface area contributed by atoms with Crippen molar-refractivity contribution in [2.45, 2.75) is 20.0 Å². The molecule has 0 atom stereocenters. The Morgan fingerprint density at radius 1 is 1.06 bits per heavy atom. The van der Waals surface area contributed by atoms with Crippen LogP contribution in [0.15, 0.2) is 48.0 Å². The third-order valence-electron chi connectivity index (χ3n) is 4.44. The maximum absolute atomic E-state index is 12.9. The van der Waals surface area contributed by atoms with E-state index >= 15 is 0 Å². The van der Waals surface area contributed by atoms with E-state index in [0.717, 1.165) is 22.6 Å². The maximum Gasteiger partial charge on any atom is 0.416 e. The topological polar surface area (TPSA) is 79.8 Å². The number of halogens is 3. The third-order valence-corrected chi connectivity index (χ3v) is 6.29. The van der Waals surface area contributed by atoms with Gasteiger partial charge in [-0.05, 0) is 43.7 Å². The molecule has 0 radical (unpaired) electrons. The first-order chi connectivity index (χ1) is 15.2. The number of aryl methyl sites for hydroxylation is 2. The molecule has 0 aliphatic carbocycles. The van der Waals surface area contributed by atoms with E-state index < -0.39 is 17.6 Å². The van der Waals surface area contributed by atoms with Gasteiger partial charge in [0.15, 0.2) is 10.3 Å². The number of nitrogens with zero attached hydrogens (tertiary/aromatic N) is 3. The van der Waals surface area contributed by atoms with Gasteiger partial charge in [-0.2, -0.15) is 13.2 Å². The van der Waals surface area contributed by atoms with Crippen LogP contribution in [0.3, 0.4) is 0 Å². The fourth-order valence-electron chi connectivity index (χ4n) is 2.85. The highest BCUT2D eigenvalue weighted by atomic mass is 32.1. The molecule has 1 amide bonds. The number of carbonyl (C=O) groups excluding carboxylic acids is 1. The number of carbonyl (C=O) groups is 1. The van der Waals surface area contributed by atoms with E-state index in [1.807, 2.05) is 24.4 Å². The van der Waals surface area contributed by atoms with Crippen LogP contribution in [0.1, 0.15) is 27.2 Å². The van der Waals surface area contributed by atoms with Gasteiger partial charge in [0, 0.05) is 17.1 Å². The van der Waals surface area contributed by atoms with Gasteiger partial charge in [-0.3, -0.25) is 10.1 Å². The first-order valence-corrected chi connectivity index (χ1v) is 11.0. The minimum atomic E-state index is -4.52. The predicted molar refractivity (Wildman–Crippen MR) is 120 cm³/mol. The molecule has 0 fully saturated rings. The summed E-state index contributed by atoms with van der Waals surface area (Å²) in [6, 6.07) is 8.05. The van der Waals surface area contributed by atoms with Gasteiger partial charge < -0.3 is 5.32 Å². The fraction of sp³-hybridized carbons (Fsp3) is 0.143. The lowest BCUT2D eigenvalue weighted by Crippen LogP contribution is -2.13. The summed E-state index contributed by atoms with van der Waals surface area (Å²) in [6.07, 6.45) is -2.83. The van der Waals surface area contributed by atoms with Gasteiger partial charge in [-0.15, -0.1) is 11.3 Å². The van der Waals surface area contributed by atoms with Crippen molar-refractivity contribution in [3.63, 3.8) is 0 Å². The van der Waals surface area contributed by atoms with E-state index in [9.17, 15) is 18.0 Å². The van der Waals surface area contributed by atoms with Crippen molar-refractivity contribution in [3.8, 4) is 10.6 Å². The Labute approximate surface area is 189 Å². The molecule has 3 aromatic heterocycles. The first kappa shape index (κ1) is 21.9. The number of aromatic nitrogens is 3. The van der Waals surface area contributed by atoms with Crippen LogP contribution in [-0.2, 0) is 6.18 Å². The van der Waals surface area contributed by atoms with Gasteiger partial charge in [0.1, 0.15) is 5.82 Å². The Morgan fingerprint density at radius 3 is 2.62 bits per heavy atom. The number of benzene rings is 1. The van der Waals surface area contributed by atoms with Gasteiger partial charge in [0.2, 0.25) is 0 Å². The number of amides is 1. The Balaban J connectivity index is 1.51. The zero-order valence-electron chi connectivity index (χ0n) is 16.8. The molecular weight excluding hydrogens is 459 g/mol. The highest BCUT2D eigenvalue weighted by molar-refractivity contribution is 7.20. The molecule has 3 heterocycles. The Bertz CT molecular complexity index is 1280. The number of hydrogen-bond acceptors (Lipinski definition) is 7. The van der Waals surface area contributed by atoms with E-state index in [-0.39, 0.29) is 10.7 Å². The van der Waals surface area contributed by atoms with E-state index in [1.54, 1.807) is 13.1 Å². The van der Waals surface area contributed by atoms with Crippen LogP contribution >= 0.6 is 22.7 Å². The van der Waals surface area contributed by atoms with Crippen LogP contribution in [0.4, 0.5) is 29.3 Å². The van der Waals surface area contributed by atoms with E-state index in [4.69, 9.17) is 0 Å². The molecule has 4 aromatic rings. The van der Waals surface area contributed by atoms with Crippen LogP contribution in [0.2, 0.25) is 0 Å². The highest BCUT2D eigenvalue weighted by Gasteiger charge is 2.31. The number of rotatable bonds is 5. The van der Waals surface area contributed by atoms with E-state index in [0.29, 0.717) is 22.3 Å². The Morgan fingerprint density at radius 2 is 1.88 bits per heavy atom. The summed E-state index contributed by atoms with van der Waals surface area (Å²) in [5, 5.41) is 8.55. The van der Waals surface area contributed by atoms with Gasteiger partial charge in [0.25, 0.3) is 5.91 Å². The van der Waals surface area contributed by atoms with E-state index in [2.05, 4.69) is 25.6 Å². The molecule has 0 saturated heterocycles. The van der Waals surface area contributed by atoms with Crippen LogP contribution < -0.4 is 10.6 Å². The minimum absolute atomic E-state index is 0.0971. The van der Waals surface area contributed by atoms with Crippen molar-refractivity contribution < 1.29 is 18.0 Å². The third kappa shape index (κ3) is 4.78. The summed E-state index contributed by atoms with van der Waals surface area (Å²) < 4.78 is 38.7. The summed E-state index contributed by atoms with van der Waals surface area (Å²) in [5.74, 6) is 0.0473. The fourth-order valence-corrected chi connectivity index (χ4v) is 4.54.